The highest BCUT2D eigenvalue weighted by molar-refractivity contribution is 6.31. The summed E-state index contributed by atoms with van der Waals surface area (Å²) in [5, 5.41) is 3.87. The van der Waals surface area contributed by atoms with Crippen LogP contribution in [-0.2, 0) is 5.41 Å². The molecule has 1 aromatic rings. The van der Waals surface area contributed by atoms with E-state index in [0.717, 1.165) is 12.1 Å². The fourth-order valence-corrected chi connectivity index (χ4v) is 2.02. The molecule has 0 unspecified atom stereocenters. The average molecular weight is 244 g/mol. The number of hydrogen-bond acceptors (Lipinski definition) is 1. The third-order valence-electron chi connectivity index (χ3n) is 2.61. The van der Waals surface area contributed by atoms with Crippen molar-refractivity contribution in [3.63, 3.8) is 0 Å². The van der Waals surface area contributed by atoms with Crippen LogP contribution < -0.4 is 5.32 Å². The van der Waals surface area contributed by atoms with Crippen LogP contribution in [0.1, 0.15) is 33.3 Å². The molecule has 16 heavy (non-hydrogen) atoms. The molecule has 0 aliphatic rings. The van der Waals surface area contributed by atoms with Crippen LogP contribution in [0.15, 0.2) is 18.2 Å². The zero-order chi connectivity index (χ0) is 12.3. The van der Waals surface area contributed by atoms with Gasteiger partial charge in [0.15, 0.2) is 0 Å². The summed E-state index contributed by atoms with van der Waals surface area (Å²) in [4.78, 5) is 0. The first-order chi connectivity index (χ1) is 7.33. The molecule has 0 aromatic heterocycles. The molecular weight excluding hydrogens is 225 g/mol. The molecule has 1 nitrogen and oxygen atoms in total. The van der Waals surface area contributed by atoms with Gasteiger partial charge in [-0.15, -0.1) is 0 Å². The topological polar surface area (TPSA) is 12.0 Å². The number of rotatable bonds is 4. The van der Waals surface area contributed by atoms with Gasteiger partial charge >= 0.3 is 0 Å². The van der Waals surface area contributed by atoms with E-state index < -0.39 is 0 Å². The van der Waals surface area contributed by atoms with Gasteiger partial charge in [-0.1, -0.05) is 45.4 Å². The lowest BCUT2D eigenvalue weighted by Crippen LogP contribution is -2.36. The van der Waals surface area contributed by atoms with Gasteiger partial charge in [-0.05, 0) is 17.7 Å². The Balaban J connectivity index is 2.88. The summed E-state index contributed by atoms with van der Waals surface area (Å²) in [5.41, 5.74) is 0.874. The van der Waals surface area contributed by atoms with Crippen LogP contribution in [0, 0.1) is 5.82 Å². The highest BCUT2D eigenvalue weighted by Gasteiger charge is 2.23. The summed E-state index contributed by atoms with van der Waals surface area (Å²) in [6.07, 6.45) is 0. The van der Waals surface area contributed by atoms with E-state index in [0.29, 0.717) is 11.1 Å². The van der Waals surface area contributed by atoms with Crippen molar-refractivity contribution in [3.05, 3.63) is 34.6 Å². The van der Waals surface area contributed by atoms with Crippen LogP contribution in [0.2, 0.25) is 5.02 Å². The van der Waals surface area contributed by atoms with E-state index in [-0.39, 0.29) is 11.2 Å². The molecule has 1 N–H and O–H groups in total. The molecule has 90 valence electrons. The molecule has 1 aromatic carbocycles. The Morgan fingerprint density at radius 3 is 2.50 bits per heavy atom. The van der Waals surface area contributed by atoms with Crippen molar-refractivity contribution in [2.24, 2.45) is 0 Å². The Morgan fingerprint density at radius 1 is 1.38 bits per heavy atom. The van der Waals surface area contributed by atoms with Crippen molar-refractivity contribution in [2.45, 2.75) is 39.2 Å². The second kappa shape index (κ2) is 5.15. The normalized spacial score (nSPS) is 12.2. The van der Waals surface area contributed by atoms with Gasteiger partial charge in [0.1, 0.15) is 5.82 Å². The Kier molecular flexibility index (Phi) is 4.34. The van der Waals surface area contributed by atoms with Crippen LogP contribution in [0.25, 0.3) is 0 Å². The SMILES string of the molecule is CC(C)NCC(C)(C)c1ccc(F)cc1Cl. The fourth-order valence-electron chi connectivity index (χ4n) is 1.59. The summed E-state index contributed by atoms with van der Waals surface area (Å²) in [5.74, 6) is -0.290. The van der Waals surface area contributed by atoms with Crippen LogP contribution in [0.4, 0.5) is 4.39 Å². The summed E-state index contributed by atoms with van der Waals surface area (Å²) in [6.45, 7) is 9.21. The first kappa shape index (κ1) is 13.5. The molecule has 0 amide bonds. The molecule has 0 heterocycles. The van der Waals surface area contributed by atoms with Crippen LogP contribution in [0.3, 0.4) is 0 Å². The highest BCUT2D eigenvalue weighted by Crippen LogP contribution is 2.29. The maximum atomic E-state index is 12.9. The first-order valence-electron chi connectivity index (χ1n) is 5.52. The van der Waals surface area contributed by atoms with E-state index >= 15 is 0 Å². The Labute approximate surface area is 102 Å². The molecule has 0 aliphatic heterocycles. The molecule has 0 spiro atoms. The lowest BCUT2D eigenvalue weighted by Gasteiger charge is -2.28. The third-order valence-corrected chi connectivity index (χ3v) is 2.93. The molecule has 0 aliphatic carbocycles. The summed E-state index contributed by atoms with van der Waals surface area (Å²) < 4.78 is 12.9. The molecule has 0 atom stereocenters. The van der Waals surface area contributed by atoms with E-state index in [1.165, 1.54) is 12.1 Å². The van der Waals surface area contributed by atoms with Crippen molar-refractivity contribution in [1.29, 1.82) is 0 Å². The van der Waals surface area contributed by atoms with Crippen molar-refractivity contribution in [2.75, 3.05) is 6.54 Å². The van der Waals surface area contributed by atoms with Gasteiger partial charge in [0.2, 0.25) is 0 Å². The van der Waals surface area contributed by atoms with Crippen LogP contribution >= 0.6 is 11.6 Å². The number of nitrogens with one attached hydrogen (secondary N) is 1. The zero-order valence-electron chi connectivity index (χ0n) is 10.3. The van der Waals surface area contributed by atoms with Gasteiger partial charge in [-0.3, -0.25) is 0 Å². The summed E-state index contributed by atoms with van der Waals surface area (Å²) >= 11 is 6.06. The molecule has 1 rings (SSSR count). The number of halogens is 2. The van der Waals surface area contributed by atoms with E-state index in [4.69, 9.17) is 11.6 Å². The first-order valence-corrected chi connectivity index (χ1v) is 5.89. The standard InChI is InChI=1S/C13H19ClFN/c1-9(2)16-8-13(3,4)11-6-5-10(15)7-12(11)14/h5-7,9,16H,8H2,1-4H3. The van der Waals surface area contributed by atoms with Gasteiger partial charge in [0, 0.05) is 23.0 Å². The summed E-state index contributed by atoms with van der Waals surface area (Å²) in [7, 11) is 0. The van der Waals surface area contributed by atoms with Crippen LogP contribution in [0.5, 0.6) is 0 Å². The lowest BCUT2D eigenvalue weighted by molar-refractivity contribution is 0.441. The number of hydrogen-bond donors (Lipinski definition) is 1. The molecule has 0 fully saturated rings. The number of benzene rings is 1. The minimum atomic E-state index is -0.290. The van der Waals surface area contributed by atoms with E-state index in [2.05, 4.69) is 33.0 Å². The van der Waals surface area contributed by atoms with Crippen molar-refractivity contribution in [3.8, 4) is 0 Å². The molecule has 0 saturated carbocycles. The predicted molar refractivity (Wildman–Crippen MR) is 67.6 cm³/mol. The van der Waals surface area contributed by atoms with E-state index in [1.807, 2.05) is 0 Å². The minimum absolute atomic E-state index is 0.102. The Morgan fingerprint density at radius 2 is 2.00 bits per heavy atom. The lowest BCUT2D eigenvalue weighted by atomic mass is 9.84. The largest absolute Gasteiger partial charge is 0.314 e. The van der Waals surface area contributed by atoms with Gasteiger partial charge in [0.25, 0.3) is 0 Å². The van der Waals surface area contributed by atoms with Gasteiger partial charge in [-0.2, -0.15) is 0 Å². The van der Waals surface area contributed by atoms with Crippen molar-refractivity contribution in [1.82, 2.24) is 5.32 Å². The Hall–Kier alpha value is -0.600. The predicted octanol–water partition coefficient (Wildman–Crippen LogP) is 3.75. The maximum absolute atomic E-state index is 12.9. The monoisotopic (exact) mass is 243 g/mol. The molecule has 0 bridgehead atoms. The van der Waals surface area contributed by atoms with Gasteiger partial charge in [0.05, 0.1) is 0 Å². The second-order valence-corrected chi connectivity index (χ2v) is 5.45. The van der Waals surface area contributed by atoms with Crippen molar-refractivity contribution >= 4 is 11.6 Å². The fraction of sp³-hybridized carbons (Fsp3) is 0.538. The van der Waals surface area contributed by atoms with Gasteiger partial charge in [-0.25, -0.2) is 4.39 Å². The zero-order valence-corrected chi connectivity index (χ0v) is 11.0. The van der Waals surface area contributed by atoms with E-state index in [1.54, 1.807) is 6.07 Å². The third kappa shape index (κ3) is 3.46. The van der Waals surface area contributed by atoms with Crippen molar-refractivity contribution < 1.29 is 4.39 Å². The molecule has 0 saturated heterocycles. The Bertz CT molecular complexity index is 361. The van der Waals surface area contributed by atoms with Gasteiger partial charge < -0.3 is 5.32 Å². The average Bonchev–Trinajstić information content (AvgIpc) is 2.14. The van der Waals surface area contributed by atoms with E-state index in [9.17, 15) is 4.39 Å². The minimum Gasteiger partial charge on any atom is -0.314 e. The molecule has 0 radical (unpaired) electrons. The smallest absolute Gasteiger partial charge is 0.124 e. The summed E-state index contributed by atoms with van der Waals surface area (Å²) in [6, 6.07) is 5.02. The van der Waals surface area contributed by atoms with Crippen LogP contribution in [-0.4, -0.2) is 12.6 Å². The molecule has 3 heteroatoms. The highest BCUT2D eigenvalue weighted by atomic mass is 35.5. The second-order valence-electron chi connectivity index (χ2n) is 5.04. The molecular formula is C13H19ClFN. The maximum Gasteiger partial charge on any atom is 0.124 e. The quantitative estimate of drug-likeness (QED) is 0.849.